The second-order valence-corrected chi connectivity index (χ2v) is 5.63. The van der Waals surface area contributed by atoms with Crippen molar-refractivity contribution in [1.29, 1.82) is 0 Å². The van der Waals surface area contributed by atoms with E-state index < -0.39 is 0 Å². The lowest BCUT2D eigenvalue weighted by molar-refractivity contribution is 0.665. The van der Waals surface area contributed by atoms with Crippen molar-refractivity contribution in [1.82, 2.24) is 4.98 Å². The van der Waals surface area contributed by atoms with Crippen molar-refractivity contribution in [2.24, 2.45) is 5.73 Å². The van der Waals surface area contributed by atoms with Crippen LogP contribution in [0.5, 0.6) is 0 Å². The van der Waals surface area contributed by atoms with Crippen LogP contribution in [0.1, 0.15) is 16.8 Å². The molecule has 1 aromatic heterocycles. The number of hydrogen-bond donors (Lipinski definition) is 1. The van der Waals surface area contributed by atoms with E-state index in [2.05, 4.69) is 59.6 Å². The van der Waals surface area contributed by atoms with Crippen LogP contribution in [0.25, 0.3) is 10.9 Å². The number of hydrogen-bond acceptors (Lipinski definition) is 2. The Morgan fingerprint density at radius 2 is 1.67 bits per heavy atom. The van der Waals surface area contributed by atoms with Gasteiger partial charge >= 0.3 is 0 Å². The van der Waals surface area contributed by atoms with Gasteiger partial charge in [0.15, 0.2) is 0 Å². The molecule has 2 N–H and O–H groups in total. The summed E-state index contributed by atoms with van der Waals surface area (Å²) in [4.78, 5) is 4.53. The SMILES string of the molecule is Cc1ccc2cc(CC(N)Cc3ccccc3)ccc2n1. The number of aromatic nitrogens is 1. The summed E-state index contributed by atoms with van der Waals surface area (Å²) >= 11 is 0. The summed E-state index contributed by atoms with van der Waals surface area (Å²) in [7, 11) is 0. The molecule has 2 heteroatoms. The van der Waals surface area contributed by atoms with Gasteiger partial charge in [-0.2, -0.15) is 0 Å². The molecule has 0 fully saturated rings. The van der Waals surface area contributed by atoms with E-state index >= 15 is 0 Å². The molecule has 3 rings (SSSR count). The summed E-state index contributed by atoms with van der Waals surface area (Å²) < 4.78 is 0. The van der Waals surface area contributed by atoms with Crippen LogP contribution in [0.15, 0.2) is 60.7 Å². The number of nitrogens with two attached hydrogens (primary N) is 1. The minimum absolute atomic E-state index is 0.142. The van der Waals surface area contributed by atoms with Crippen LogP contribution in [-0.2, 0) is 12.8 Å². The fourth-order valence-corrected chi connectivity index (χ4v) is 2.70. The number of benzene rings is 2. The van der Waals surface area contributed by atoms with Gasteiger partial charge in [0.05, 0.1) is 5.52 Å². The molecule has 1 atom stereocenters. The highest BCUT2D eigenvalue weighted by Crippen LogP contribution is 2.16. The average molecular weight is 276 g/mol. The summed E-state index contributed by atoms with van der Waals surface area (Å²) in [5.41, 5.74) is 11.0. The van der Waals surface area contributed by atoms with Crippen molar-refractivity contribution >= 4 is 10.9 Å². The molecule has 0 saturated carbocycles. The van der Waals surface area contributed by atoms with Gasteiger partial charge in [0.2, 0.25) is 0 Å². The molecule has 0 bridgehead atoms. The highest BCUT2D eigenvalue weighted by atomic mass is 14.7. The Hall–Kier alpha value is -2.19. The lowest BCUT2D eigenvalue weighted by Crippen LogP contribution is -2.25. The number of nitrogens with zero attached hydrogens (tertiary/aromatic N) is 1. The Morgan fingerprint density at radius 1 is 0.905 bits per heavy atom. The Balaban J connectivity index is 1.74. The summed E-state index contributed by atoms with van der Waals surface area (Å²) in [6.07, 6.45) is 1.80. The van der Waals surface area contributed by atoms with Gasteiger partial charge in [0.1, 0.15) is 0 Å². The summed E-state index contributed by atoms with van der Waals surface area (Å²) in [6.45, 7) is 2.02. The first-order valence-electron chi connectivity index (χ1n) is 7.36. The first kappa shape index (κ1) is 13.8. The average Bonchev–Trinajstić information content (AvgIpc) is 2.48. The molecule has 0 aliphatic heterocycles. The van der Waals surface area contributed by atoms with Gasteiger partial charge in [-0.25, -0.2) is 0 Å². The monoisotopic (exact) mass is 276 g/mol. The van der Waals surface area contributed by atoms with Gasteiger partial charge < -0.3 is 5.73 Å². The molecular weight excluding hydrogens is 256 g/mol. The topological polar surface area (TPSA) is 38.9 Å². The number of fused-ring (bicyclic) bond motifs is 1. The van der Waals surface area contributed by atoms with Crippen molar-refractivity contribution in [2.75, 3.05) is 0 Å². The predicted molar refractivity (Wildman–Crippen MR) is 88.3 cm³/mol. The zero-order valence-electron chi connectivity index (χ0n) is 12.3. The third kappa shape index (κ3) is 3.47. The van der Waals surface area contributed by atoms with Gasteiger partial charge in [-0.3, -0.25) is 4.98 Å². The van der Waals surface area contributed by atoms with E-state index in [9.17, 15) is 0 Å². The molecule has 0 aliphatic carbocycles. The molecule has 0 spiro atoms. The highest BCUT2D eigenvalue weighted by Gasteiger charge is 2.06. The van der Waals surface area contributed by atoms with Crippen LogP contribution in [0.2, 0.25) is 0 Å². The lowest BCUT2D eigenvalue weighted by atomic mass is 9.99. The minimum Gasteiger partial charge on any atom is -0.327 e. The molecule has 1 heterocycles. The van der Waals surface area contributed by atoms with Crippen molar-refractivity contribution in [3.8, 4) is 0 Å². The predicted octanol–water partition coefficient (Wildman–Crippen LogP) is 3.66. The zero-order valence-corrected chi connectivity index (χ0v) is 12.3. The first-order valence-corrected chi connectivity index (χ1v) is 7.36. The van der Waals surface area contributed by atoms with Crippen molar-refractivity contribution in [3.63, 3.8) is 0 Å². The summed E-state index contributed by atoms with van der Waals surface area (Å²) in [5.74, 6) is 0. The Morgan fingerprint density at radius 3 is 2.48 bits per heavy atom. The van der Waals surface area contributed by atoms with Crippen LogP contribution >= 0.6 is 0 Å². The number of aryl methyl sites for hydroxylation is 1. The Labute approximate surface area is 125 Å². The second-order valence-electron chi connectivity index (χ2n) is 5.63. The van der Waals surface area contributed by atoms with Crippen LogP contribution in [-0.4, -0.2) is 11.0 Å². The largest absolute Gasteiger partial charge is 0.327 e. The molecule has 0 aliphatic rings. The fourth-order valence-electron chi connectivity index (χ4n) is 2.70. The molecule has 2 aromatic carbocycles. The molecule has 3 aromatic rings. The van der Waals surface area contributed by atoms with Crippen LogP contribution in [0, 0.1) is 6.92 Å². The molecule has 21 heavy (non-hydrogen) atoms. The van der Waals surface area contributed by atoms with Crippen LogP contribution in [0.4, 0.5) is 0 Å². The highest BCUT2D eigenvalue weighted by molar-refractivity contribution is 5.79. The molecule has 0 amide bonds. The normalized spacial score (nSPS) is 12.5. The standard InChI is InChI=1S/C19H20N2/c1-14-7-9-17-11-16(8-10-19(17)21-14)13-18(20)12-15-5-3-2-4-6-15/h2-11,18H,12-13,20H2,1H3. The van der Waals surface area contributed by atoms with E-state index in [4.69, 9.17) is 5.73 Å². The smallest absolute Gasteiger partial charge is 0.0705 e. The van der Waals surface area contributed by atoms with E-state index in [-0.39, 0.29) is 6.04 Å². The van der Waals surface area contributed by atoms with Crippen LogP contribution in [0.3, 0.4) is 0 Å². The molecular formula is C19H20N2. The molecule has 0 radical (unpaired) electrons. The van der Waals surface area contributed by atoms with Gasteiger partial charge in [0, 0.05) is 17.1 Å². The number of pyridine rings is 1. The van der Waals surface area contributed by atoms with Crippen molar-refractivity contribution < 1.29 is 0 Å². The van der Waals surface area contributed by atoms with Gasteiger partial charge in [-0.05, 0) is 49.1 Å². The van der Waals surface area contributed by atoms with Crippen molar-refractivity contribution in [2.45, 2.75) is 25.8 Å². The first-order chi connectivity index (χ1) is 10.2. The quantitative estimate of drug-likeness (QED) is 0.790. The molecule has 1 unspecified atom stereocenters. The summed E-state index contributed by atoms with van der Waals surface area (Å²) in [5, 5.41) is 1.19. The molecule has 0 saturated heterocycles. The maximum atomic E-state index is 6.29. The lowest BCUT2D eigenvalue weighted by Gasteiger charge is -2.12. The van der Waals surface area contributed by atoms with Crippen molar-refractivity contribution in [3.05, 3.63) is 77.5 Å². The summed E-state index contributed by atoms with van der Waals surface area (Å²) in [6, 6.07) is 21.2. The van der Waals surface area contributed by atoms with E-state index in [1.165, 1.54) is 16.5 Å². The third-order valence-corrected chi connectivity index (χ3v) is 3.73. The number of rotatable bonds is 4. The van der Waals surface area contributed by atoms with Gasteiger partial charge in [-0.1, -0.05) is 42.5 Å². The maximum Gasteiger partial charge on any atom is 0.0705 e. The Kier molecular flexibility index (Phi) is 3.98. The van der Waals surface area contributed by atoms with Crippen LogP contribution < -0.4 is 5.73 Å². The van der Waals surface area contributed by atoms with E-state index in [0.717, 1.165) is 24.1 Å². The Bertz CT molecular complexity index is 735. The molecule has 106 valence electrons. The van der Waals surface area contributed by atoms with E-state index in [1.54, 1.807) is 0 Å². The second kappa shape index (κ2) is 6.06. The third-order valence-electron chi connectivity index (χ3n) is 3.73. The minimum atomic E-state index is 0.142. The molecule has 2 nitrogen and oxygen atoms in total. The zero-order chi connectivity index (χ0) is 14.7. The van der Waals surface area contributed by atoms with E-state index in [0.29, 0.717) is 0 Å². The van der Waals surface area contributed by atoms with E-state index in [1.807, 2.05) is 13.0 Å². The van der Waals surface area contributed by atoms with Gasteiger partial charge in [-0.15, -0.1) is 0 Å². The van der Waals surface area contributed by atoms with Gasteiger partial charge in [0.25, 0.3) is 0 Å². The fraction of sp³-hybridized carbons (Fsp3) is 0.211. The maximum absolute atomic E-state index is 6.29.